The van der Waals surface area contributed by atoms with Crippen LogP contribution in [0.4, 0.5) is 0 Å². The third-order valence-corrected chi connectivity index (χ3v) is 6.23. The van der Waals surface area contributed by atoms with Gasteiger partial charge in [0.05, 0.1) is 5.69 Å². The largest absolute Gasteiger partial charge is 0.351 e. The second kappa shape index (κ2) is 8.61. The third kappa shape index (κ3) is 4.44. The van der Waals surface area contributed by atoms with Crippen LogP contribution in [0.2, 0.25) is 5.28 Å². The lowest BCUT2D eigenvalue weighted by atomic mass is 10.1. The number of aryl methyl sites for hydroxylation is 2. The minimum absolute atomic E-state index is 0.273. The van der Waals surface area contributed by atoms with Crippen LogP contribution in [0.1, 0.15) is 0 Å². The topological polar surface area (TPSA) is 35.6 Å². The van der Waals surface area contributed by atoms with Crippen molar-refractivity contribution in [1.82, 2.24) is 19.1 Å². The van der Waals surface area contributed by atoms with Crippen molar-refractivity contribution in [3.05, 3.63) is 79.5 Å². The first-order valence-electron chi connectivity index (χ1n) is 8.86. The first-order chi connectivity index (χ1) is 13.9. The Labute approximate surface area is 201 Å². The smallest absolute Gasteiger partial charge is 0.222 e. The second-order valence-electron chi connectivity index (χ2n) is 6.66. The maximum atomic E-state index is 5.85. The van der Waals surface area contributed by atoms with Gasteiger partial charge in [-0.1, -0.05) is 12.1 Å². The molecule has 0 fully saturated rings. The van der Waals surface area contributed by atoms with Crippen molar-refractivity contribution >= 4 is 78.6 Å². The summed E-state index contributed by atoms with van der Waals surface area (Å²) in [4.78, 5) is 8.18. The fraction of sp³-hybridized carbons (Fsp3) is 0.0909. The summed E-state index contributed by atoms with van der Waals surface area (Å²) in [6.07, 6.45) is 5.83. The molecule has 0 spiro atoms. The van der Waals surface area contributed by atoms with Crippen LogP contribution in [0.25, 0.3) is 33.1 Å². The highest BCUT2D eigenvalue weighted by atomic mass is 127. The van der Waals surface area contributed by atoms with Gasteiger partial charge in [-0.25, -0.2) is 9.97 Å². The monoisotopic (exact) mass is 626 g/mol. The number of hydrogen-bond acceptors (Lipinski definition) is 2. The van der Waals surface area contributed by atoms with Crippen molar-refractivity contribution in [2.24, 2.45) is 14.1 Å². The molecule has 0 saturated carbocycles. The minimum Gasteiger partial charge on any atom is -0.351 e. The molecule has 0 amide bonds. The van der Waals surface area contributed by atoms with E-state index in [1.807, 2.05) is 13.1 Å². The van der Waals surface area contributed by atoms with Crippen molar-refractivity contribution in [2.75, 3.05) is 0 Å². The van der Waals surface area contributed by atoms with Crippen LogP contribution in [0.15, 0.2) is 67.1 Å². The molecule has 0 atom stereocenters. The molecule has 0 aliphatic carbocycles. The van der Waals surface area contributed by atoms with Gasteiger partial charge in [0.25, 0.3) is 0 Å². The van der Waals surface area contributed by atoms with Crippen molar-refractivity contribution in [3.8, 4) is 11.3 Å². The van der Waals surface area contributed by atoms with Gasteiger partial charge in [0.2, 0.25) is 5.28 Å². The predicted molar refractivity (Wildman–Crippen MR) is 137 cm³/mol. The van der Waals surface area contributed by atoms with E-state index < -0.39 is 0 Å². The summed E-state index contributed by atoms with van der Waals surface area (Å²) in [6, 6.07) is 16.8. The molecule has 4 nitrogen and oxygen atoms in total. The Kier molecular flexibility index (Phi) is 6.12. The third-order valence-electron chi connectivity index (χ3n) is 4.70. The Morgan fingerprint density at radius 2 is 1.59 bits per heavy atom. The molecule has 2 aromatic carbocycles. The Morgan fingerprint density at radius 3 is 2.34 bits per heavy atom. The van der Waals surface area contributed by atoms with E-state index in [1.54, 1.807) is 6.20 Å². The zero-order valence-electron chi connectivity index (χ0n) is 15.8. The van der Waals surface area contributed by atoms with Crippen LogP contribution >= 0.6 is 56.8 Å². The Hall–Kier alpha value is -1.65. The number of nitrogens with zero attached hydrogens (tertiary/aromatic N) is 4. The molecule has 7 heteroatoms. The summed E-state index contributed by atoms with van der Waals surface area (Å²) in [5.41, 5.74) is 4.42. The molecule has 0 aliphatic rings. The van der Waals surface area contributed by atoms with E-state index in [0.717, 1.165) is 11.3 Å². The summed E-state index contributed by atoms with van der Waals surface area (Å²) in [7, 11) is 4.10. The molecule has 3 aromatic heterocycles. The lowest BCUT2D eigenvalue weighted by molar-refractivity contribution is 0.968. The van der Waals surface area contributed by atoms with Gasteiger partial charge in [-0.2, -0.15) is 0 Å². The SMILES string of the molecule is Cn1cc(-c2ccnc(Cl)n2)c2ccc(I)cc21.Cn1ccc2ccc(I)cc21. The normalized spacial score (nSPS) is 10.9. The van der Waals surface area contributed by atoms with Crippen LogP contribution in [0, 0.1) is 7.14 Å². The standard InChI is InChI=1S/C13H9ClIN3.C9H8IN/c1-18-7-10(11-4-5-16-13(14)17-11)9-3-2-8(15)6-12(9)18;1-11-5-4-7-2-3-8(10)6-9(7)11/h2-7H,1H3;2-6H,1H3. The number of aromatic nitrogens is 4. The molecule has 0 bridgehead atoms. The quantitative estimate of drug-likeness (QED) is 0.154. The molecular formula is C22H17ClI2N4. The number of benzene rings is 2. The average Bonchev–Trinajstić information content (AvgIpc) is 3.22. The van der Waals surface area contributed by atoms with Gasteiger partial charge in [0.1, 0.15) is 0 Å². The minimum atomic E-state index is 0.273. The molecule has 0 radical (unpaired) electrons. The Balaban J connectivity index is 0.000000159. The molecule has 29 heavy (non-hydrogen) atoms. The van der Waals surface area contributed by atoms with Crippen molar-refractivity contribution in [1.29, 1.82) is 0 Å². The molecular weight excluding hydrogens is 610 g/mol. The highest BCUT2D eigenvalue weighted by Crippen LogP contribution is 2.30. The highest BCUT2D eigenvalue weighted by Gasteiger charge is 2.10. The fourth-order valence-corrected chi connectivity index (χ4v) is 4.38. The maximum absolute atomic E-state index is 5.85. The molecule has 0 saturated heterocycles. The summed E-state index contributed by atoms with van der Waals surface area (Å²) in [6.45, 7) is 0. The summed E-state index contributed by atoms with van der Waals surface area (Å²) in [5, 5.41) is 2.76. The molecule has 0 aliphatic heterocycles. The van der Waals surface area contributed by atoms with E-state index in [9.17, 15) is 0 Å². The van der Waals surface area contributed by atoms with Crippen LogP contribution in [-0.4, -0.2) is 19.1 Å². The van der Waals surface area contributed by atoms with Crippen LogP contribution < -0.4 is 0 Å². The second-order valence-corrected chi connectivity index (χ2v) is 9.49. The first-order valence-corrected chi connectivity index (χ1v) is 11.4. The Morgan fingerprint density at radius 1 is 0.862 bits per heavy atom. The lowest BCUT2D eigenvalue weighted by Gasteiger charge is -1.99. The van der Waals surface area contributed by atoms with Gasteiger partial charge in [0.15, 0.2) is 0 Å². The zero-order chi connectivity index (χ0) is 20.5. The van der Waals surface area contributed by atoms with E-state index in [1.165, 1.54) is 28.9 Å². The molecule has 3 heterocycles. The predicted octanol–water partition coefficient (Wildman–Crippen LogP) is 6.68. The Bertz CT molecular complexity index is 1320. The molecule has 0 N–H and O–H groups in total. The van der Waals surface area contributed by atoms with Crippen molar-refractivity contribution < 1.29 is 0 Å². The van der Waals surface area contributed by atoms with E-state index in [4.69, 9.17) is 11.6 Å². The molecule has 5 rings (SSSR count). The maximum Gasteiger partial charge on any atom is 0.222 e. The molecule has 146 valence electrons. The molecule has 0 unspecified atom stereocenters. The van der Waals surface area contributed by atoms with E-state index in [0.29, 0.717) is 0 Å². The average molecular weight is 627 g/mol. The van der Waals surface area contributed by atoms with Crippen molar-refractivity contribution in [3.63, 3.8) is 0 Å². The number of rotatable bonds is 1. The van der Waals surface area contributed by atoms with E-state index in [2.05, 4.69) is 126 Å². The summed E-state index contributed by atoms with van der Waals surface area (Å²) >= 11 is 10.5. The van der Waals surface area contributed by atoms with Gasteiger partial charge >= 0.3 is 0 Å². The highest BCUT2D eigenvalue weighted by molar-refractivity contribution is 14.1. The van der Waals surface area contributed by atoms with Crippen LogP contribution in [0.3, 0.4) is 0 Å². The van der Waals surface area contributed by atoms with Gasteiger partial charge < -0.3 is 9.13 Å². The van der Waals surface area contributed by atoms with E-state index >= 15 is 0 Å². The van der Waals surface area contributed by atoms with Gasteiger partial charge in [-0.3, -0.25) is 0 Å². The number of halogens is 3. The van der Waals surface area contributed by atoms with Gasteiger partial charge in [0, 0.05) is 61.8 Å². The lowest BCUT2D eigenvalue weighted by Crippen LogP contribution is -1.85. The summed E-state index contributed by atoms with van der Waals surface area (Å²) in [5.74, 6) is 0. The van der Waals surface area contributed by atoms with E-state index in [-0.39, 0.29) is 5.28 Å². The molecule has 5 aromatic rings. The van der Waals surface area contributed by atoms with Crippen LogP contribution in [-0.2, 0) is 14.1 Å². The zero-order valence-corrected chi connectivity index (χ0v) is 20.8. The fourth-order valence-electron chi connectivity index (χ4n) is 3.28. The number of hydrogen-bond donors (Lipinski definition) is 0. The summed E-state index contributed by atoms with van der Waals surface area (Å²) < 4.78 is 6.74. The van der Waals surface area contributed by atoms with Gasteiger partial charge in [-0.15, -0.1) is 0 Å². The van der Waals surface area contributed by atoms with Crippen molar-refractivity contribution in [2.45, 2.75) is 0 Å². The van der Waals surface area contributed by atoms with Gasteiger partial charge in [-0.05, 0) is 98.6 Å². The van der Waals surface area contributed by atoms with Crippen LogP contribution in [0.5, 0.6) is 0 Å². The first kappa shape index (κ1) is 20.6. The number of fused-ring (bicyclic) bond motifs is 2.